The van der Waals surface area contributed by atoms with Crippen molar-refractivity contribution in [3.05, 3.63) is 70.6 Å². The number of benzene rings is 2. The maximum Gasteiger partial charge on any atom is 0.244 e. The second-order valence-corrected chi connectivity index (χ2v) is 6.54. The minimum Gasteiger partial charge on any atom is -0.504 e. The number of aromatic hydroxyl groups is 1. The highest BCUT2D eigenvalue weighted by Crippen LogP contribution is 2.46. The average Bonchev–Trinajstić information content (AvgIpc) is 3.10. The van der Waals surface area contributed by atoms with Crippen molar-refractivity contribution >= 4 is 0 Å². The van der Waals surface area contributed by atoms with Crippen molar-refractivity contribution in [3.63, 3.8) is 0 Å². The minimum absolute atomic E-state index is 0.00253. The van der Waals surface area contributed by atoms with E-state index in [2.05, 4.69) is 16.3 Å². The number of nitrogens with two attached hydrogens (primary N) is 1. The molecule has 28 heavy (non-hydrogen) atoms. The van der Waals surface area contributed by atoms with Crippen LogP contribution in [0.3, 0.4) is 0 Å². The van der Waals surface area contributed by atoms with Crippen LogP contribution < -0.4 is 15.2 Å². The molecular formula is C21H18N4O3. The number of phenolic OH excluding ortho intramolecular Hbond substituents is 1. The van der Waals surface area contributed by atoms with Gasteiger partial charge in [-0.15, -0.1) is 5.10 Å². The Morgan fingerprint density at radius 3 is 2.64 bits per heavy atom. The number of fused-ring (bicyclic) bond motifs is 1. The largest absolute Gasteiger partial charge is 0.504 e. The van der Waals surface area contributed by atoms with E-state index in [1.54, 1.807) is 18.2 Å². The van der Waals surface area contributed by atoms with Gasteiger partial charge in [-0.1, -0.05) is 35.9 Å². The van der Waals surface area contributed by atoms with Crippen molar-refractivity contribution < 1.29 is 14.6 Å². The summed E-state index contributed by atoms with van der Waals surface area (Å²) in [6, 6.07) is 15.1. The minimum atomic E-state index is -0.541. The van der Waals surface area contributed by atoms with Gasteiger partial charge in [0.25, 0.3) is 0 Å². The molecule has 2 heterocycles. The van der Waals surface area contributed by atoms with Crippen LogP contribution in [0.4, 0.5) is 0 Å². The molecule has 4 rings (SSSR count). The molecule has 0 radical (unpaired) electrons. The number of hydrogen-bond donors (Lipinski definition) is 3. The molecule has 7 heteroatoms. The van der Waals surface area contributed by atoms with Crippen LogP contribution in [-0.2, 0) is 0 Å². The highest BCUT2D eigenvalue weighted by molar-refractivity contribution is 5.71. The third-order valence-corrected chi connectivity index (χ3v) is 4.82. The third-order valence-electron chi connectivity index (χ3n) is 4.82. The Bertz CT molecular complexity index is 1120. The van der Waals surface area contributed by atoms with Gasteiger partial charge in [0.15, 0.2) is 11.5 Å². The molecule has 0 unspecified atom stereocenters. The van der Waals surface area contributed by atoms with Crippen molar-refractivity contribution in [2.24, 2.45) is 5.73 Å². The van der Waals surface area contributed by atoms with Crippen LogP contribution in [0.1, 0.15) is 22.6 Å². The average molecular weight is 374 g/mol. The van der Waals surface area contributed by atoms with Crippen LogP contribution in [0.15, 0.2) is 53.9 Å². The number of ether oxygens (including phenoxy) is 2. The molecular weight excluding hydrogens is 356 g/mol. The van der Waals surface area contributed by atoms with E-state index in [0.29, 0.717) is 22.8 Å². The van der Waals surface area contributed by atoms with Crippen LogP contribution >= 0.6 is 0 Å². The molecule has 0 amide bonds. The van der Waals surface area contributed by atoms with Crippen LogP contribution in [0, 0.1) is 18.3 Å². The molecule has 0 fully saturated rings. The zero-order valence-electron chi connectivity index (χ0n) is 15.4. The van der Waals surface area contributed by atoms with Crippen molar-refractivity contribution in [2.75, 3.05) is 7.11 Å². The van der Waals surface area contributed by atoms with Gasteiger partial charge in [-0.25, -0.2) is 0 Å². The molecule has 0 saturated heterocycles. The fraction of sp³-hybridized carbons (Fsp3) is 0.143. The number of methoxy groups -OCH3 is 1. The topological polar surface area (TPSA) is 117 Å². The first-order valence-corrected chi connectivity index (χ1v) is 8.63. The number of hydrogen-bond acceptors (Lipinski definition) is 6. The standard InChI is InChI=1S/C21H18N4O3/c1-11-3-5-12(6-4-11)19-18-17(13-7-8-16(27-2)15(26)9-13)14(10-22)20(23)28-21(18)25-24-19/h3-9,17,26H,23H2,1-2H3,(H,24,25)/t17-/m0/s1. The van der Waals surface area contributed by atoms with E-state index in [9.17, 15) is 10.4 Å². The van der Waals surface area contributed by atoms with Crippen molar-refractivity contribution in [3.8, 4) is 34.7 Å². The van der Waals surface area contributed by atoms with Gasteiger partial charge in [0, 0.05) is 5.56 Å². The van der Waals surface area contributed by atoms with Gasteiger partial charge in [-0.2, -0.15) is 5.26 Å². The summed E-state index contributed by atoms with van der Waals surface area (Å²) in [5.74, 6) is 0.0898. The summed E-state index contributed by atoms with van der Waals surface area (Å²) < 4.78 is 10.7. The summed E-state index contributed by atoms with van der Waals surface area (Å²) in [6.45, 7) is 2.01. The number of aromatic amines is 1. The Kier molecular flexibility index (Phi) is 4.17. The van der Waals surface area contributed by atoms with Crippen LogP contribution in [0.2, 0.25) is 0 Å². The van der Waals surface area contributed by atoms with Crippen molar-refractivity contribution in [1.29, 1.82) is 5.26 Å². The number of nitrogens with one attached hydrogen (secondary N) is 1. The Morgan fingerprint density at radius 1 is 1.25 bits per heavy atom. The van der Waals surface area contributed by atoms with E-state index < -0.39 is 5.92 Å². The molecule has 2 aromatic carbocycles. The number of allylic oxidation sites excluding steroid dienone is 1. The third kappa shape index (κ3) is 2.72. The summed E-state index contributed by atoms with van der Waals surface area (Å²) in [4.78, 5) is 0. The Morgan fingerprint density at radius 2 is 2.00 bits per heavy atom. The molecule has 1 aliphatic heterocycles. The normalized spacial score (nSPS) is 15.5. The maximum atomic E-state index is 10.3. The molecule has 1 aliphatic rings. The van der Waals surface area contributed by atoms with Gasteiger partial charge in [0.2, 0.25) is 11.8 Å². The molecule has 4 N–H and O–H groups in total. The first kappa shape index (κ1) is 17.5. The summed E-state index contributed by atoms with van der Waals surface area (Å²) in [5, 5.41) is 27.2. The van der Waals surface area contributed by atoms with E-state index >= 15 is 0 Å². The lowest BCUT2D eigenvalue weighted by Gasteiger charge is -2.24. The van der Waals surface area contributed by atoms with Crippen molar-refractivity contribution in [1.82, 2.24) is 10.2 Å². The fourth-order valence-electron chi connectivity index (χ4n) is 3.41. The molecule has 1 aromatic heterocycles. The second kappa shape index (κ2) is 6.67. The summed E-state index contributed by atoms with van der Waals surface area (Å²) in [6.07, 6.45) is 0. The smallest absolute Gasteiger partial charge is 0.244 e. The van der Waals surface area contributed by atoms with Gasteiger partial charge in [0.05, 0.1) is 24.3 Å². The first-order chi connectivity index (χ1) is 13.5. The van der Waals surface area contributed by atoms with Gasteiger partial charge < -0.3 is 20.3 Å². The van der Waals surface area contributed by atoms with Gasteiger partial charge in [0.1, 0.15) is 11.6 Å². The number of nitrogens with zero attached hydrogens (tertiary/aromatic N) is 2. The highest BCUT2D eigenvalue weighted by Gasteiger charge is 2.35. The molecule has 0 spiro atoms. The monoisotopic (exact) mass is 374 g/mol. The van der Waals surface area contributed by atoms with E-state index in [1.165, 1.54) is 7.11 Å². The van der Waals surface area contributed by atoms with Crippen LogP contribution in [0.25, 0.3) is 11.3 Å². The molecule has 0 aliphatic carbocycles. The van der Waals surface area contributed by atoms with Crippen molar-refractivity contribution in [2.45, 2.75) is 12.8 Å². The summed E-state index contributed by atoms with van der Waals surface area (Å²) in [7, 11) is 1.48. The van der Waals surface area contributed by atoms with E-state index in [0.717, 1.165) is 16.8 Å². The summed E-state index contributed by atoms with van der Waals surface area (Å²) >= 11 is 0. The number of aryl methyl sites for hydroxylation is 1. The first-order valence-electron chi connectivity index (χ1n) is 8.63. The molecule has 3 aromatic rings. The van der Waals surface area contributed by atoms with Gasteiger partial charge in [-0.05, 0) is 24.6 Å². The molecule has 0 bridgehead atoms. The lowest BCUT2D eigenvalue weighted by Crippen LogP contribution is -2.21. The van der Waals surface area contributed by atoms with Gasteiger partial charge in [-0.3, -0.25) is 5.10 Å². The number of rotatable bonds is 3. The summed E-state index contributed by atoms with van der Waals surface area (Å²) in [5.41, 5.74) is 10.4. The predicted molar refractivity (Wildman–Crippen MR) is 103 cm³/mol. The lowest BCUT2D eigenvalue weighted by atomic mass is 9.83. The SMILES string of the molecule is COc1ccc([C@H]2C(C#N)=C(N)Oc3n[nH]c(-c4ccc(C)cc4)c32)cc1O. The molecule has 140 valence electrons. The van der Waals surface area contributed by atoms with E-state index in [-0.39, 0.29) is 17.2 Å². The Balaban J connectivity index is 1.93. The number of nitriles is 1. The van der Waals surface area contributed by atoms with Crippen LogP contribution in [-0.4, -0.2) is 22.4 Å². The number of aromatic nitrogens is 2. The second-order valence-electron chi connectivity index (χ2n) is 6.54. The zero-order chi connectivity index (χ0) is 19.8. The predicted octanol–water partition coefficient (Wildman–Crippen LogP) is 3.32. The molecule has 1 atom stereocenters. The molecule has 7 nitrogen and oxygen atoms in total. The molecule has 0 saturated carbocycles. The number of phenols is 1. The van der Waals surface area contributed by atoms with Crippen LogP contribution in [0.5, 0.6) is 17.4 Å². The number of H-pyrrole nitrogens is 1. The Labute approximate surface area is 161 Å². The van der Waals surface area contributed by atoms with Gasteiger partial charge >= 0.3 is 0 Å². The lowest BCUT2D eigenvalue weighted by molar-refractivity contribution is 0.371. The fourth-order valence-corrected chi connectivity index (χ4v) is 3.41. The van der Waals surface area contributed by atoms with E-state index in [4.69, 9.17) is 15.2 Å². The van der Waals surface area contributed by atoms with E-state index in [1.807, 2.05) is 31.2 Å². The quantitative estimate of drug-likeness (QED) is 0.647. The zero-order valence-corrected chi connectivity index (χ0v) is 15.4. The highest BCUT2D eigenvalue weighted by atomic mass is 16.5. The Hall–Kier alpha value is -3.92. The maximum absolute atomic E-state index is 10.3.